The molecule has 0 aliphatic carbocycles. The molecule has 2 aliphatic heterocycles. The van der Waals surface area contributed by atoms with Crippen LogP contribution >= 0.6 is 0 Å². The van der Waals surface area contributed by atoms with E-state index in [4.69, 9.17) is 4.74 Å². The van der Waals surface area contributed by atoms with Crippen molar-refractivity contribution in [2.24, 2.45) is 0 Å². The van der Waals surface area contributed by atoms with Crippen LogP contribution in [0.15, 0.2) is 42.5 Å². The molecule has 25 heavy (non-hydrogen) atoms. The zero-order chi connectivity index (χ0) is 17.2. The van der Waals surface area contributed by atoms with Crippen LogP contribution in [-0.2, 0) is 6.42 Å². The van der Waals surface area contributed by atoms with Crippen LogP contribution in [-0.4, -0.2) is 49.3 Å². The molecule has 1 N–H and O–H groups in total. The number of aliphatic hydroxyl groups excluding tert-OH is 1. The third-order valence-electron chi connectivity index (χ3n) is 5.27. The molecule has 0 radical (unpaired) electrons. The standard InChI is InChI=1S/C21H26N2O2/c1-16-3-2-4-19(13-16)23-10-8-22(9-11-23)15-20(24)17-5-6-21-18(14-17)7-12-25-21/h2-6,13-14,20,24H,7-12,15H2,1H3. The van der Waals surface area contributed by atoms with Crippen LogP contribution < -0.4 is 9.64 Å². The van der Waals surface area contributed by atoms with Gasteiger partial charge in [-0.15, -0.1) is 0 Å². The van der Waals surface area contributed by atoms with E-state index in [-0.39, 0.29) is 0 Å². The predicted molar refractivity (Wildman–Crippen MR) is 100 cm³/mol. The minimum absolute atomic E-state index is 0.434. The summed E-state index contributed by atoms with van der Waals surface area (Å²) in [5.74, 6) is 0.975. The molecule has 0 bridgehead atoms. The second-order valence-electron chi connectivity index (χ2n) is 7.11. The van der Waals surface area contributed by atoms with Crippen LogP contribution in [0.5, 0.6) is 5.75 Å². The van der Waals surface area contributed by atoms with Crippen LogP contribution in [0.25, 0.3) is 0 Å². The fraction of sp³-hybridized carbons (Fsp3) is 0.429. The highest BCUT2D eigenvalue weighted by Crippen LogP contribution is 2.28. The largest absolute Gasteiger partial charge is 0.493 e. The number of nitrogens with zero attached hydrogens (tertiary/aromatic N) is 2. The number of aliphatic hydroxyl groups is 1. The van der Waals surface area contributed by atoms with Gasteiger partial charge in [-0.3, -0.25) is 4.90 Å². The molecule has 2 aromatic carbocycles. The average molecular weight is 338 g/mol. The molecule has 4 heteroatoms. The molecule has 2 aromatic rings. The first-order valence-electron chi connectivity index (χ1n) is 9.17. The Bertz CT molecular complexity index is 738. The van der Waals surface area contributed by atoms with E-state index in [1.807, 2.05) is 12.1 Å². The number of fused-ring (bicyclic) bond motifs is 1. The number of aryl methyl sites for hydroxylation is 1. The Hall–Kier alpha value is -2.04. The number of β-amino-alcohol motifs (C(OH)–C–C–N with tert-alkyl or cyclic N) is 1. The van der Waals surface area contributed by atoms with Crippen LogP contribution in [0.4, 0.5) is 5.69 Å². The zero-order valence-electron chi connectivity index (χ0n) is 14.8. The Morgan fingerprint density at radius 2 is 1.92 bits per heavy atom. The predicted octanol–water partition coefficient (Wildman–Crippen LogP) is 2.79. The van der Waals surface area contributed by atoms with E-state index in [1.165, 1.54) is 16.8 Å². The lowest BCUT2D eigenvalue weighted by molar-refractivity contribution is 0.109. The molecule has 1 atom stereocenters. The number of benzene rings is 2. The maximum absolute atomic E-state index is 10.6. The third-order valence-corrected chi connectivity index (χ3v) is 5.27. The van der Waals surface area contributed by atoms with Crippen molar-refractivity contribution in [3.63, 3.8) is 0 Å². The SMILES string of the molecule is Cc1cccc(N2CCN(CC(O)c3ccc4c(c3)CCO4)CC2)c1. The summed E-state index contributed by atoms with van der Waals surface area (Å²) >= 11 is 0. The Kier molecular flexibility index (Phi) is 4.64. The van der Waals surface area contributed by atoms with Gasteiger partial charge in [0.25, 0.3) is 0 Å². The van der Waals surface area contributed by atoms with Gasteiger partial charge in [-0.05, 0) is 47.9 Å². The number of piperazine rings is 1. The van der Waals surface area contributed by atoms with Gasteiger partial charge in [0.05, 0.1) is 12.7 Å². The topological polar surface area (TPSA) is 35.9 Å². The van der Waals surface area contributed by atoms with Crippen molar-refractivity contribution in [1.29, 1.82) is 0 Å². The summed E-state index contributed by atoms with van der Waals surface area (Å²) in [7, 11) is 0. The molecule has 2 heterocycles. The highest BCUT2D eigenvalue weighted by molar-refractivity contribution is 5.48. The first-order chi connectivity index (χ1) is 12.2. The number of rotatable bonds is 4. The third kappa shape index (κ3) is 3.65. The van der Waals surface area contributed by atoms with Crippen molar-refractivity contribution in [1.82, 2.24) is 4.90 Å². The molecule has 0 amide bonds. The molecular formula is C21H26N2O2. The summed E-state index contributed by atoms with van der Waals surface area (Å²) in [5.41, 5.74) is 4.83. The van der Waals surface area contributed by atoms with E-state index in [0.29, 0.717) is 6.54 Å². The van der Waals surface area contributed by atoms with Gasteiger partial charge in [0.1, 0.15) is 5.75 Å². The fourth-order valence-corrected chi connectivity index (χ4v) is 3.78. The van der Waals surface area contributed by atoms with Crippen molar-refractivity contribution in [2.45, 2.75) is 19.4 Å². The lowest BCUT2D eigenvalue weighted by Gasteiger charge is -2.37. The monoisotopic (exact) mass is 338 g/mol. The molecular weight excluding hydrogens is 312 g/mol. The van der Waals surface area contributed by atoms with Gasteiger partial charge in [-0.2, -0.15) is 0 Å². The molecule has 0 spiro atoms. The van der Waals surface area contributed by atoms with Gasteiger partial charge in [0, 0.05) is 44.8 Å². The number of hydrogen-bond donors (Lipinski definition) is 1. The molecule has 2 aliphatic rings. The van der Waals surface area contributed by atoms with Crippen molar-refractivity contribution < 1.29 is 9.84 Å². The molecule has 132 valence electrons. The highest BCUT2D eigenvalue weighted by atomic mass is 16.5. The van der Waals surface area contributed by atoms with E-state index in [9.17, 15) is 5.11 Å². The number of anilines is 1. The van der Waals surface area contributed by atoms with E-state index >= 15 is 0 Å². The van der Waals surface area contributed by atoms with Crippen molar-refractivity contribution in [3.05, 3.63) is 59.2 Å². The molecule has 4 rings (SSSR count). The van der Waals surface area contributed by atoms with Crippen LogP contribution in [0.1, 0.15) is 22.8 Å². The maximum Gasteiger partial charge on any atom is 0.122 e. The van der Waals surface area contributed by atoms with Crippen LogP contribution in [0, 0.1) is 6.92 Å². The van der Waals surface area contributed by atoms with E-state index in [2.05, 4.69) is 47.1 Å². The van der Waals surface area contributed by atoms with Crippen LogP contribution in [0.3, 0.4) is 0 Å². The van der Waals surface area contributed by atoms with Gasteiger partial charge < -0.3 is 14.7 Å². The first-order valence-corrected chi connectivity index (χ1v) is 9.17. The lowest BCUT2D eigenvalue weighted by atomic mass is 10.0. The second-order valence-corrected chi connectivity index (χ2v) is 7.11. The zero-order valence-corrected chi connectivity index (χ0v) is 14.8. The molecule has 0 aromatic heterocycles. The fourth-order valence-electron chi connectivity index (χ4n) is 3.78. The summed E-state index contributed by atoms with van der Waals surface area (Å²) in [5, 5.41) is 10.6. The molecule has 1 unspecified atom stereocenters. The summed E-state index contributed by atoms with van der Waals surface area (Å²) in [4.78, 5) is 4.79. The van der Waals surface area contributed by atoms with E-state index in [0.717, 1.165) is 50.5 Å². The van der Waals surface area contributed by atoms with Gasteiger partial charge in [0.2, 0.25) is 0 Å². The summed E-state index contributed by atoms with van der Waals surface area (Å²) in [6.45, 7) is 7.58. The number of hydrogen-bond acceptors (Lipinski definition) is 4. The van der Waals surface area contributed by atoms with Crippen molar-refractivity contribution in [3.8, 4) is 5.75 Å². The van der Waals surface area contributed by atoms with Crippen LogP contribution in [0.2, 0.25) is 0 Å². The minimum Gasteiger partial charge on any atom is -0.493 e. The Labute approximate surface area is 149 Å². The lowest BCUT2D eigenvalue weighted by Crippen LogP contribution is -2.47. The average Bonchev–Trinajstić information content (AvgIpc) is 3.10. The van der Waals surface area contributed by atoms with Gasteiger partial charge in [0.15, 0.2) is 0 Å². The summed E-state index contributed by atoms with van der Waals surface area (Å²) in [6.07, 6.45) is 0.516. The second kappa shape index (κ2) is 7.06. The van der Waals surface area contributed by atoms with Gasteiger partial charge >= 0.3 is 0 Å². The quantitative estimate of drug-likeness (QED) is 0.930. The summed E-state index contributed by atoms with van der Waals surface area (Å²) < 4.78 is 5.55. The van der Waals surface area contributed by atoms with Crippen molar-refractivity contribution in [2.75, 3.05) is 44.2 Å². The molecule has 0 saturated carbocycles. The molecule has 1 saturated heterocycles. The normalized spacial score (nSPS) is 18.7. The van der Waals surface area contributed by atoms with Crippen molar-refractivity contribution >= 4 is 5.69 Å². The first kappa shape index (κ1) is 16.4. The van der Waals surface area contributed by atoms with Gasteiger partial charge in [-0.25, -0.2) is 0 Å². The molecule has 4 nitrogen and oxygen atoms in total. The van der Waals surface area contributed by atoms with E-state index < -0.39 is 6.10 Å². The highest BCUT2D eigenvalue weighted by Gasteiger charge is 2.21. The maximum atomic E-state index is 10.6. The minimum atomic E-state index is -0.434. The van der Waals surface area contributed by atoms with E-state index in [1.54, 1.807) is 0 Å². The Morgan fingerprint density at radius 1 is 1.08 bits per heavy atom. The number of ether oxygens (including phenoxy) is 1. The smallest absolute Gasteiger partial charge is 0.122 e. The Morgan fingerprint density at radius 3 is 2.72 bits per heavy atom. The Balaban J connectivity index is 1.34. The van der Waals surface area contributed by atoms with Gasteiger partial charge in [-0.1, -0.05) is 18.2 Å². The summed E-state index contributed by atoms with van der Waals surface area (Å²) in [6, 6.07) is 14.8. The molecule has 1 fully saturated rings.